The molecule has 4 amide bonds. The number of nitrogens with one attached hydrogen (secondary N) is 2. The fraction of sp³-hybridized carbons (Fsp3) is 0.490. The number of methoxy groups -OCH3 is 1. The second-order valence-electron chi connectivity index (χ2n) is 17.1. The Kier molecular flexibility index (Phi) is 19.3. The van der Waals surface area contributed by atoms with Crippen molar-refractivity contribution in [2.24, 2.45) is 0 Å². The van der Waals surface area contributed by atoms with Gasteiger partial charge in [-0.15, -0.1) is 0 Å². The number of carboxylic acid groups (broad SMARTS) is 1. The summed E-state index contributed by atoms with van der Waals surface area (Å²) in [5.41, 5.74) is 5.37. The van der Waals surface area contributed by atoms with Crippen LogP contribution in [0, 0.1) is 11.6 Å². The van der Waals surface area contributed by atoms with Crippen molar-refractivity contribution in [2.75, 3.05) is 76.7 Å². The van der Waals surface area contributed by atoms with E-state index in [9.17, 15) is 38.2 Å². The predicted molar refractivity (Wildman–Crippen MR) is 260 cm³/mol. The molecule has 69 heavy (non-hydrogen) atoms. The first kappa shape index (κ1) is 53.2. The summed E-state index contributed by atoms with van der Waals surface area (Å²) in [7, 11) is 1.37. The van der Waals surface area contributed by atoms with Crippen molar-refractivity contribution in [2.45, 2.75) is 98.1 Å². The number of aliphatic carboxylic acids is 1. The molecule has 4 aliphatic heterocycles. The zero-order chi connectivity index (χ0) is 47.5. The average Bonchev–Trinajstić information content (AvgIpc) is 3.88. The molecule has 6 heterocycles. The van der Waals surface area contributed by atoms with Gasteiger partial charge < -0.3 is 49.9 Å². The Morgan fingerprint density at radius 1 is 0.725 bits per heavy atom. The molecule has 18 heteroatoms. The molecule has 374 valence electrons. The Labute approximate surface area is 404 Å². The number of esters is 1. The number of fused-ring (bicyclic) bond motifs is 2. The number of halogens is 2. The maximum atomic E-state index is 14.2. The minimum Gasteiger partial charge on any atom is -0.505 e. The van der Waals surface area contributed by atoms with E-state index in [1.54, 1.807) is 27.7 Å². The van der Waals surface area contributed by atoms with Crippen LogP contribution >= 0.6 is 0 Å². The van der Waals surface area contributed by atoms with Gasteiger partial charge in [0.05, 0.1) is 38.6 Å². The lowest BCUT2D eigenvalue weighted by Gasteiger charge is -2.28. The van der Waals surface area contributed by atoms with Crippen LogP contribution in [0.2, 0.25) is 0 Å². The molecule has 2 aromatic heterocycles. The molecule has 8 rings (SSSR count). The monoisotopic (exact) mass is 959 g/mol. The summed E-state index contributed by atoms with van der Waals surface area (Å²) in [6.07, 6.45) is 6.99. The number of carbonyl (C=O) groups is 4. The quantitative estimate of drug-likeness (QED) is 0.0698. The molecule has 2 aromatic carbocycles. The Morgan fingerprint density at radius 2 is 1.23 bits per heavy atom. The van der Waals surface area contributed by atoms with Crippen molar-refractivity contribution >= 4 is 35.6 Å². The Morgan fingerprint density at radius 3 is 1.71 bits per heavy atom. The maximum Gasteiger partial charge on any atom is 0.320 e. The molecule has 0 saturated carbocycles. The number of pyridine rings is 2. The number of carbonyl (C=O) groups excluding carboxylic acids is 3. The van der Waals surface area contributed by atoms with E-state index in [0.717, 1.165) is 87.5 Å². The van der Waals surface area contributed by atoms with Crippen LogP contribution < -0.4 is 15.4 Å². The lowest BCUT2D eigenvalue weighted by molar-refractivity contribution is -0.144. The number of carboxylic acids is 1. The molecular weight excluding hydrogens is 891 g/mol. The van der Waals surface area contributed by atoms with Crippen molar-refractivity contribution < 1.29 is 47.6 Å². The molecule has 4 N–H and O–H groups in total. The third-order valence-electron chi connectivity index (χ3n) is 12.6. The fourth-order valence-corrected chi connectivity index (χ4v) is 9.09. The first-order valence-electron chi connectivity index (χ1n) is 23.2. The molecular formula is C51H68F2N8O8. The van der Waals surface area contributed by atoms with Gasteiger partial charge in [-0.3, -0.25) is 9.59 Å². The molecule has 0 aliphatic carbocycles. The van der Waals surface area contributed by atoms with Gasteiger partial charge in [-0.1, -0.05) is 39.1 Å². The highest BCUT2D eigenvalue weighted by atomic mass is 19.1. The number of ether oxygens (including phenoxy) is 2. The van der Waals surface area contributed by atoms with E-state index in [1.807, 2.05) is 6.07 Å². The number of aromatic hydroxyl groups is 1. The van der Waals surface area contributed by atoms with E-state index in [-0.39, 0.29) is 52.1 Å². The van der Waals surface area contributed by atoms with E-state index in [4.69, 9.17) is 19.4 Å². The molecule has 4 aromatic rings. The second kappa shape index (κ2) is 25.1. The summed E-state index contributed by atoms with van der Waals surface area (Å²) in [5, 5.41) is 25.6. The summed E-state index contributed by atoms with van der Waals surface area (Å²) in [6, 6.07) is 14.8. The van der Waals surface area contributed by atoms with Crippen molar-refractivity contribution in [1.82, 2.24) is 29.6 Å². The van der Waals surface area contributed by atoms with E-state index in [1.165, 1.54) is 53.5 Å². The van der Waals surface area contributed by atoms with Gasteiger partial charge >= 0.3 is 24.0 Å². The van der Waals surface area contributed by atoms with Gasteiger partial charge in [-0.2, -0.15) is 0 Å². The fourth-order valence-electron chi connectivity index (χ4n) is 9.09. The number of hydrogen-bond donors (Lipinski definition) is 4. The highest BCUT2D eigenvalue weighted by Gasteiger charge is 2.37. The van der Waals surface area contributed by atoms with E-state index in [2.05, 4.69) is 28.8 Å². The summed E-state index contributed by atoms with van der Waals surface area (Å²) >= 11 is 0. The van der Waals surface area contributed by atoms with E-state index >= 15 is 0 Å². The number of benzene rings is 2. The number of anilines is 2. The van der Waals surface area contributed by atoms with Crippen LogP contribution in [-0.2, 0) is 40.0 Å². The van der Waals surface area contributed by atoms with Crippen LogP contribution in [0.3, 0.4) is 0 Å². The Bertz CT molecular complexity index is 2410. The summed E-state index contributed by atoms with van der Waals surface area (Å²) in [5.74, 6) is -1.34. The predicted octanol–water partition coefficient (Wildman–Crippen LogP) is 8.39. The number of hydrogen-bond acceptors (Lipinski definition) is 11. The number of phenolic OH excluding ortho intramolecular Hbond substituents is 1. The van der Waals surface area contributed by atoms with Gasteiger partial charge in [0.25, 0.3) is 0 Å². The van der Waals surface area contributed by atoms with E-state index < -0.39 is 41.4 Å². The first-order valence-corrected chi connectivity index (χ1v) is 23.2. The topological polar surface area (TPSA) is 190 Å². The van der Waals surface area contributed by atoms with Gasteiger partial charge in [-0.25, -0.2) is 28.3 Å². The Balaban J connectivity index is 0.000000250. The van der Waals surface area contributed by atoms with Crippen molar-refractivity contribution in [3.05, 3.63) is 106 Å². The largest absolute Gasteiger partial charge is 0.505 e. The molecule has 2 saturated heterocycles. The van der Waals surface area contributed by atoms with Gasteiger partial charge in [0, 0.05) is 63.7 Å². The molecule has 16 nitrogen and oxygen atoms in total. The highest BCUT2D eigenvalue weighted by Crippen LogP contribution is 2.33. The molecule has 0 radical (unpaired) electrons. The van der Waals surface area contributed by atoms with Crippen LogP contribution in [0.4, 0.5) is 30.0 Å². The van der Waals surface area contributed by atoms with Gasteiger partial charge in [-0.05, 0) is 117 Å². The average molecular weight is 959 g/mol. The van der Waals surface area contributed by atoms with Crippen LogP contribution in [0.5, 0.6) is 11.5 Å². The number of amides is 4. The van der Waals surface area contributed by atoms with Crippen molar-refractivity contribution in [1.29, 1.82) is 0 Å². The molecule has 2 atom stereocenters. The van der Waals surface area contributed by atoms with Gasteiger partial charge in [0.2, 0.25) is 0 Å². The van der Waals surface area contributed by atoms with Crippen LogP contribution in [0.15, 0.2) is 60.7 Å². The van der Waals surface area contributed by atoms with E-state index in [0.29, 0.717) is 50.4 Å². The standard InChI is InChI=1S/C25H31FN4O4.C24H29FN4O4.2CH4/c1-2-34-23(32)16-21(18-8-10-22(31)20(26)15-18)30-14-13-29(25(30)33)12-4-6-19-9-7-17-5-3-11-27-24(17)28-19;1-33-21-9-7-17(14-19(21)25)20(15-22(30)31)29-13-12-28(24(29)32)11-3-5-18-8-6-16-4-2-10-26-23(16)27-18;;/h7-10,15,21,31H,2-6,11-14,16H2,1H3,(H,27,28);6-9,14,20H,2-5,10-13,15H2,1H3,(H,26,27)(H,30,31);2*1H4/t21-;20-;;/m00../s1. The van der Waals surface area contributed by atoms with Gasteiger partial charge in [0.15, 0.2) is 23.1 Å². The number of aromatic nitrogens is 2. The number of aryl methyl sites for hydroxylation is 4. The lowest BCUT2D eigenvalue weighted by Crippen LogP contribution is -2.36. The van der Waals surface area contributed by atoms with Gasteiger partial charge in [0.1, 0.15) is 11.6 Å². The number of rotatable bonds is 18. The summed E-state index contributed by atoms with van der Waals surface area (Å²) < 4.78 is 38.3. The zero-order valence-electron chi connectivity index (χ0n) is 38.1. The van der Waals surface area contributed by atoms with Crippen LogP contribution in [0.25, 0.3) is 0 Å². The number of nitrogens with zero attached hydrogens (tertiary/aromatic N) is 6. The molecule has 4 aliphatic rings. The number of phenols is 1. The summed E-state index contributed by atoms with van der Waals surface area (Å²) in [4.78, 5) is 66.0. The molecule has 0 spiro atoms. The van der Waals surface area contributed by atoms with Crippen LogP contribution in [0.1, 0.15) is 106 Å². The first-order chi connectivity index (χ1) is 32.4. The normalized spacial score (nSPS) is 15.8. The molecule has 0 bridgehead atoms. The zero-order valence-corrected chi connectivity index (χ0v) is 38.1. The third kappa shape index (κ3) is 13.5. The number of urea groups is 2. The van der Waals surface area contributed by atoms with Crippen LogP contribution in [-0.4, -0.2) is 130 Å². The maximum absolute atomic E-state index is 14.2. The lowest BCUT2D eigenvalue weighted by atomic mass is 10.0. The van der Waals surface area contributed by atoms with Crippen molar-refractivity contribution in [3.8, 4) is 11.5 Å². The Hall–Kier alpha value is -6.72. The van der Waals surface area contributed by atoms with Crippen molar-refractivity contribution in [3.63, 3.8) is 0 Å². The second-order valence-corrected chi connectivity index (χ2v) is 17.1. The third-order valence-corrected chi connectivity index (χ3v) is 12.6. The minimum absolute atomic E-state index is 0. The molecule has 2 fully saturated rings. The summed E-state index contributed by atoms with van der Waals surface area (Å²) in [6.45, 7) is 6.79. The highest BCUT2D eigenvalue weighted by molar-refractivity contribution is 5.79. The molecule has 0 unspecified atom stereocenters. The SMILES string of the molecule is C.C.CCOC(=O)C[C@@H](c1ccc(O)c(F)c1)N1CCN(CCCc2ccc3c(n2)NCCC3)C1=O.COc1ccc([C@H](CC(=O)O)N2CCN(CCCc3ccc4c(n3)NCCC4)C2=O)cc1F. The minimum atomic E-state index is -1.05. The smallest absolute Gasteiger partial charge is 0.320 e.